The molecule has 1 aliphatic rings. The van der Waals surface area contributed by atoms with Crippen molar-refractivity contribution in [2.24, 2.45) is 0 Å². The second-order valence-electron chi connectivity index (χ2n) is 4.57. The minimum absolute atomic E-state index is 0.0410. The highest BCUT2D eigenvalue weighted by Crippen LogP contribution is 2.35. The number of aliphatic hydroxyl groups excluding tert-OH is 1. The van der Waals surface area contributed by atoms with Crippen LogP contribution in [0.1, 0.15) is 18.9 Å². The van der Waals surface area contributed by atoms with Crippen molar-refractivity contribution in [1.82, 2.24) is 5.32 Å². The van der Waals surface area contributed by atoms with Crippen molar-refractivity contribution >= 4 is 17.5 Å². The first-order chi connectivity index (χ1) is 9.60. The molecule has 6 heteroatoms. The number of hydrogen-bond acceptors (Lipinski definition) is 4. The first kappa shape index (κ1) is 14.3. The number of rotatable bonds is 4. The van der Waals surface area contributed by atoms with Crippen LogP contribution in [0.4, 0.5) is 5.69 Å². The van der Waals surface area contributed by atoms with Gasteiger partial charge in [0, 0.05) is 7.05 Å². The van der Waals surface area contributed by atoms with Gasteiger partial charge >= 0.3 is 0 Å². The summed E-state index contributed by atoms with van der Waals surface area (Å²) >= 11 is 0. The van der Waals surface area contributed by atoms with Gasteiger partial charge in [0.05, 0.1) is 12.3 Å². The van der Waals surface area contributed by atoms with E-state index in [-0.39, 0.29) is 25.0 Å². The molecule has 1 unspecified atom stereocenters. The molecular weight excluding hydrogens is 260 g/mol. The quantitative estimate of drug-likeness (QED) is 0.837. The van der Waals surface area contributed by atoms with Gasteiger partial charge < -0.3 is 15.2 Å². The molecule has 1 aliphatic heterocycles. The van der Waals surface area contributed by atoms with E-state index in [0.29, 0.717) is 23.4 Å². The summed E-state index contributed by atoms with van der Waals surface area (Å²) in [7, 11) is 1.53. The van der Waals surface area contributed by atoms with Crippen LogP contribution in [0, 0.1) is 0 Å². The first-order valence-electron chi connectivity index (χ1n) is 6.53. The fraction of sp³-hybridized carbons (Fsp3) is 0.429. The fourth-order valence-electron chi connectivity index (χ4n) is 2.11. The molecule has 1 atom stereocenters. The van der Waals surface area contributed by atoms with E-state index in [9.17, 15) is 9.59 Å². The summed E-state index contributed by atoms with van der Waals surface area (Å²) in [5.74, 6) is 0.0551. The van der Waals surface area contributed by atoms with Crippen molar-refractivity contribution in [2.45, 2.75) is 26.1 Å². The first-order valence-corrected chi connectivity index (χ1v) is 6.53. The molecule has 2 amide bonds. The molecule has 0 aromatic heterocycles. The minimum Gasteiger partial charge on any atom is -0.478 e. The maximum atomic E-state index is 12.3. The summed E-state index contributed by atoms with van der Waals surface area (Å²) in [5.41, 5.74) is 1.26. The second kappa shape index (κ2) is 5.92. The number of amides is 2. The Balaban J connectivity index is 2.40. The number of fused-ring (bicyclic) bond motifs is 1. The summed E-state index contributed by atoms with van der Waals surface area (Å²) in [6, 6.07) is 5.09. The molecule has 6 nitrogen and oxygen atoms in total. The number of anilines is 1. The number of hydrogen-bond donors (Lipinski definition) is 2. The standard InChI is InChI=1S/C14H18N2O4/c1-3-11-14(19)16(7-13(18)15-2)10-5-4-9(8-17)6-12(10)20-11/h4-6,11,17H,3,7-8H2,1-2H3,(H,15,18). The molecule has 0 saturated carbocycles. The molecule has 0 spiro atoms. The fourth-order valence-corrected chi connectivity index (χ4v) is 2.11. The number of nitrogens with zero attached hydrogens (tertiary/aromatic N) is 1. The Hall–Kier alpha value is -2.08. The number of benzene rings is 1. The number of carbonyl (C=O) groups is 2. The Morgan fingerprint density at radius 2 is 2.25 bits per heavy atom. The van der Waals surface area contributed by atoms with E-state index in [1.807, 2.05) is 6.92 Å². The SMILES string of the molecule is CCC1Oc2cc(CO)ccc2N(CC(=O)NC)C1=O. The third kappa shape index (κ3) is 2.60. The third-order valence-corrected chi connectivity index (χ3v) is 3.26. The van der Waals surface area contributed by atoms with Crippen molar-refractivity contribution in [2.75, 3.05) is 18.5 Å². The topological polar surface area (TPSA) is 78.9 Å². The zero-order chi connectivity index (χ0) is 14.7. The Bertz CT molecular complexity index is 530. The van der Waals surface area contributed by atoms with Crippen molar-refractivity contribution in [3.63, 3.8) is 0 Å². The van der Waals surface area contributed by atoms with Gasteiger partial charge in [0.15, 0.2) is 6.10 Å². The molecule has 20 heavy (non-hydrogen) atoms. The zero-order valence-corrected chi connectivity index (χ0v) is 11.5. The molecule has 108 valence electrons. The van der Waals surface area contributed by atoms with Crippen LogP contribution in [0.15, 0.2) is 18.2 Å². The van der Waals surface area contributed by atoms with Gasteiger partial charge in [-0.1, -0.05) is 13.0 Å². The number of aliphatic hydroxyl groups is 1. The molecule has 2 N–H and O–H groups in total. The van der Waals surface area contributed by atoms with Gasteiger partial charge in [-0.25, -0.2) is 0 Å². The lowest BCUT2D eigenvalue weighted by Gasteiger charge is -2.33. The highest BCUT2D eigenvalue weighted by Gasteiger charge is 2.34. The van der Waals surface area contributed by atoms with E-state index in [0.717, 1.165) is 0 Å². The van der Waals surface area contributed by atoms with E-state index in [1.54, 1.807) is 18.2 Å². The molecule has 0 bridgehead atoms. The average Bonchev–Trinajstić information content (AvgIpc) is 2.48. The molecule has 0 aliphatic carbocycles. The molecular formula is C14H18N2O4. The van der Waals surface area contributed by atoms with Crippen molar-refractivity contribution in [3.05, 3.63) is 23.8 Å². The molecule has 0 radical (unpaired) electrons. The number of nitrogens with one attached hydrogen (secondary N) is 1. The highest BCUT2D eigenvalue weighted by atomic mass is 16.5. The Morgan fingerprint density at radius 3 is 2.85 bits per heavy atom. The van der Waals surface area contributed by atoms with E-state index in [2.05, 4.69) is 5.32 Å². The molecule has 0 fully saturated rings. The second-order valence-corrected chi connectivity index (χ2v) is 4.57. The van der Waals surface area contributed by atoms with Gasteiger partial charge in [-0.15, -0.1) is 0 Å². The summed E-state index contributed by atoms with van der Waals surface area (Å²) in [6.07, 6.45) is -0.0765. The highest BCUT2D eigenvalue weighted by molar-refractivity contribution is 6.03. The molecule has 0 saturated heterocycles. The normalized spacial score (nSPS) is 17.4. The third-order valence-electron chi connectivity index (χ3n) is 3.26. The zero-order valence-electron chi connectivity index (χ0n) is 11.5. The lowest BCUT2D eigenvalue weighted by atomic mass is 10.1. The van der Waals surface area contributed by atoms with Crippen LogP contribution in [0.3, 0.4) is 0 Å². The molecule has 1 aromatic carbocycles. The van der Waals surface area contributed by atoms with Gasteiger partial charge in [0.2, 0.25) is 5.91 Å². The summed E-state index contributed by atoms with van der Waals surface area (Å²) in [5, 5.41) is 11.7. The van der Waals surface area contributed by atoms with E-state index >= 15 is 0 Å². The lowest BCUT2D eigenvalue weighted by Crippen LogP contribution is -2.49. The summed E-state index contributed by atoms with van der Waals surface area (Å²) in [4.78, 5) is 25.3. The Morgan fingerprint density at radius 1 is 1.50 bits per heavy atom. The largest absolute Gasteiger partial charge is 0.478 e. The maximum absolute atomic E-state index is 12.3. The van der Waals surface area contributed by atoms with Gasteiger partial charge in [-0.2, -0.15) is 0 Å². The van der Waals surface area contributed by atoms with E-state index in [4.69, 9.17) is 9.84 Å². The van der Waals surface area contributed by atoms with Crippen LogP contribution in [-0.2, 0) is 16.2 Å². The van der Waals surface area contributed by atoms with Gasteiger partial charge in [0.1, 0.15) is 12.3 Å². The van der Waals surface area contributed by atoms with Crippen LogP contribution >= 0.6 is 0 Å². The smallest absolute Gasteiger partial charge is 0.268 e. The van der Waals surface area contributed by atoms with E-state index < -0.39 is 6.10 Å². The van der Waals surface area contributed by atoms with E-state index in [1.165, 1.54) is 11.9 Å². The van der Waals surface area contributed by atoms with Crippen LogP contribution in [-0.4, -0.2) is 36.6 Å². The predicted octanol–water partition coefficient (Wildman–Crippen LogP) is 0.429. The van der Waals surface area contributed by atoms with Crippen LogP contribution in [0.2, 0.25) is 0 Å². The number of likely N-dealkylation sites (N-methyl/N-ethyl adjacent to an activating group) is 1. The van der Waals surface area contributed by atoms with Crippen LogP contribution in [0.5, 0.6) is 5.75 Å². The predicted molar refractivity (Wildman–Crippen MR) is 73.5 cm³/mol. The molecule has 1 heterocycles. The average molecular weight is 278 g/mol. The number of ether oxygens (including phenoxy) is 1. The Labute approximate surface area is 117 Å². The van der Waals surface area contributed by atoms with Crippen molar-refractivity contribution in [3.8, 4) is 5.75 Å². The van der Waals surface area contributed by atoms with Crippen LogP contribution in [0.25, 0.3) is 0 Å². The van der Waals surface area contributed by atoms with Gasteiger partial charge in [-0.05, 0) is 24.1 Å². The molecule has 1 aromatic rings. The van der Waals surface area contributed by atoms with Gasteiger partial charge in [-0.3, -0.25) is 14.5 Å². The lowest BCUT2D eigenvalue weighted by molar-refractivity contribution is -0.128. The Kier molecular flexibility index (Phi) is 4.24. The maximum Gasteiger partial charge on any atom is 0.268 e. The minimum atomic E-state index is -0.596. The monoisotopic (exact) mass is 278 g/mol. The van der Waals surface area contributed by atoms with Crippen molar-refractivity contribution < 1.29 is 19.4 Å². The molecule has 2 rings (SSSR count). The van der Waals surface area contributed by atoms with Crippen LogP contribution < -0.4 is 15.0 Å². The summed E-state index contributed by atoms with van der Waals surface area (Å²) in [6.45, 7) is 1.71. The number of carbonyl (C=O) groups excluding carboxylic acids is 2. The van der Waals surface area contributed by atoms with Gasteiger partial charge in [0.25, 0.3) is 5.91 Å². The summed E-state index contributed by atoms with van der Waals surface area (Å²) < 4.78 is 5.65. The van der Waals surface area contributed by atoms with Crippen molar-refractivity contribution in [1.29, 1.82) is 0 Å².